The predicted octanol–water partition coefficient (Wildman–Crippen LogP) is 5.99. The number of benzene rings is 2. The van der Waals surface area contributed by atoms with Crippen LogP contribution in [0, 0.1) is 11.3 Å². The van der Waals surface area contributed by atoms with Crippen molar-refractivity contribution in [3.63, 3.8) is 0 Å². The van der Waals surface area contributed by atoms with Crippen LogP contribution in [0.2, 0.25) is 10.0 Å². The fourth-order valence-corrected chi connectivity index (χ4v) is 4.66. The summed E-state index contributed by atoms with van der Waals surface area (Å²) in [6.45, 7) is 10.3. The summed E-state index contributed by atoms with van der Waals surface area (Å²) in [6, 6.07) is 15.0. The van der Waals surface area contributed by atoms with Crippen molar-refractivity contribution in [2.75, 3.05) is 19.8 Å². The van der Waals surface area contributed by atoms with E-state index in [0.29, 0.717) is 10.9 Å². The van der Waals surface area contributed by atoms with Gasteiger partial charge in [-0.2, -0.15) is 0 Å². The third-order valence-electron chi connectivity index (χ3n) is 6.10. The Hall–Kier alpha value is -1.75. The lowest BCUT2D eigenvalue weighted by molar-refractivity contribution is -0.138. The van der Waals surface area contributed by atoms with E-state index in [-0.39, 0.29) is 30.0 Å². The van der Waals surface area contributed by atoms with Crippen molar-refractivity contribution in [2.45, 2.75) is 46.1 Å². The molecule has 1 amide bonds. The zero-order valence-electron chi connectivity index (χ0n) is 18.7. The van der Waals surface area contributed by atoms with Gasteiger partial charge < -0.3 is 9.64 Å². The van der Waals surface area contributed by atoms with Crippen LogP contribution >= 0.6 is 23.2 Å². The topological polar surface area (TPSA) is 41.6 Å². The van der Waals surface area contributed by atoms with Gasteiger partial charge in [-0.3, -0.25) is 10.1 Å². The molecule has 3 rings (SSSR count). The summed E-state index contributed by atoms with van der Waals surface area (Å²) in [4.78, 5) is 15.4. The van der Waals surface area contributed by atoms with Crippen molar-refractivity contribution in [2.24, 2.45) is 11.3 Å². The molecular weight excluding hydrogens is 431 g/mol. The molecule has 0 saturated carbocycles. The van der Waals surface area contributed by atoms with Crippen molar-refractivity contribution in [3.05, 3.63) is 64.1 Å². The normalized spacial score (nSPS) is 19.3. The summed E-state index contributed by atoms with van der Waals surface area (Å²) in [5.41, 5.74) is 1.26. The van der Waals surface area contributed by atoms with Crippen LogP contribution in [0.15, 0.2) is 48.5 Å². The highest BCUT2D eigenvalue weighted by Gasteiger charge is 2.40. The quantitative estimate of drug-likeness (QED) is 0.513. The zero-order valence-corrected chi connectivity index (χ0v) is 20.2. The van der Waals surface area contributed by atoms with Gasteiger partial charge in [0.25, 0.3) is 0 Å². The second-order valence-electron chi connectivity index (χ2n) is 9.31. The van der Waals surface area contributed by atoms with Gasteiger partial charge in [-0.25, -0.2) is 0 Å². The van der Waals surface area contributed by atoms with Crippen LogP contribution in [0.4, 0.5) is 0 Å². The van der Waals surface area contributed by atoms with E-state index in [4.69, 9.17) is 27.9 Å². The maximum absolute atomic E-state index is 13.4. The van der Waals surface area contributed by atoms with Crippen molar-refractivity contribution in [1.82, 2.24) is 10.2 Å². The Balaban J connectivity index is 1.61. The molecule has 2 aromatic carbocycles. The Morgan fingerprint density at radius 2 is 1.68 bits per heavy atom. The summed E-state index contributed by atoms with van der Waals surface area (Å²) in [7, 11) is 0. The van der Waals surface area contributed by atoms with Gasteiger partial charge in [0.05, 0.1) is 6.04 Å². The van der Waals surface area contributed by atoms with Gasteiger partial charge in [0, 0.05) is 23.1 Å². The van der Waals surface area contributed by atoms with Crippen LogP contribution in [0.25, 0.3) is 0 Å². The number of nitrogens with one attached hydrogen (secondary N) is 1. The van der Waals surface area contributed by atoms with E-state index in [0.717, 1.165) is 30.3 Å². The molecule has 0 aromatic heterocycles. The SMILES string of the molecule is CC(C)[C@@H](NCOc1ccc(Cl)cc1)C(=O)N1CC[C@H](c2ccc(Cl)cc2)C(C)(C)C1. The highest BCUT2D eigenvalue weighted by molar-refractivity contribution is 6.30. The first-order valence-electron chi connectivity index (χ1n) is 10.8. The second-order valence-corrected chi connectivity index (χ2v) is 10.2. The lowest BCUT2D eigenvalue weighted by Crippen LogP contribution is -2.55. The molecule has 1 heterocycles. The average molecular weight is 463 g/mol. The average Bonchev–Trinajstić information content (AvgIpc) is 2.72. The van der Waals surface area contributed by atoms with E-state index in [9.17, 15) is 4.79 Å². The van der Waals surface area contributed by atoms with Crippen LogP contribution in [-0.4, -0.2) is 36.7 Å². The number of hydrogen-bond acceptors (Lipinski definition) is 3. The van der Waals surface area contributed by atoms with E-state index in [1.807, 2.05) is 29.2 Å². The van der Waals surface area contributed by atoms with Gasteiger partial charge in [0.2, 0.25) is 5.91 Å². The van der Waals surface area contributed by atoms with Crippen molar-refractivity contribution in [1.29, 1.82) is 0 Å². The predicted molar refractivity (Wildman–Crippen MR) is 128 cm³/mol. The van der Waals surface area contributed by atoms with Crippen LogP contribution in [0.3, 0.4) is 0 Å². The molecule has 1 saturated heterocycles. The molecule has 1 aliphatic heterocycles. The number of rotatable bonds is 7. The lowest BCUT2D eigenvalue weighted by atomic mass is 9.70. The standard InChI is InChI=1S/C25H32Cl2N2O2/c1-17(2)23(28-16-31-21-11-9-20(27)10-12-21)24(30)29-14-13-22(25(3,4)15-29)18-5-7-19(26)8-6-18/h5-12,17,22-23,28H,13-16H2,1-4H3/t22-,23-/m1/s1. The number of carbonyl (C=O) groups is 1. The number of nitrogens with zero attached hydrogens (tertiary/aromatic N) is 1. The maximum Gasteiger partial charge on any atom is 0.240 e. The van der Waals surface area contributed by atoms with Gasteiger partial charge in [-0.05, 0) is 65.6 Å². The first-order valence-corrected chi connectivity index (χ1v) is 11.6. The highest BCUT2D eigenvalue weighted by atomic mass is 35.5. The molecule has 0 radical (unpaired) electrons. The number of carbonyl (C=O) groups excluding carboxylic acids is 1. The van der Waals surface area contributed by atoms with E-state index < -0.39 is 0 Å². The van der Waals surface area contributed by atoms with Crippen molar-refractivity contribution < 1.29 is 9.53 Å². The Morgan fingerprint density at radius 3 is 2.23 bits per heavy atom. The monoisotopic (exact) mass is 462 g/mol. The Labute approximate surface area is 195 Å². The fourth-order valence-electron chi connectivity index (χ4n) is 4.41. The molecule has 1 fully saturated rings. The molecule has 6 heteroatoms. The summed E-state index contributed by atoms with van der Waals surface area (Å²) in [5, 5.41) is 4.71. The third kappa shape index (κ3) is 6.15. The summed E-state index contributed by atoms with van der Waals surface area (Å²) >= 11 is 12.0. The van der Waals surface area contributed by atoms with Gasteiger partial charge in [-0.1, -0.05) is 63.0 Å². The number of hydrogen-bond donors (Lipinski definition) is 1. The van der Waals surface area contributed by atoms with Crippen molar-refractivity contribution in [3.8, 4) is 5.75 Å². The van der Waals surface area contributed by atoms with Gasteiger partial charge >= 0.3 is 0 Å². The van der Waals surface area contributed by atoms with Crippen molar-refractivity contribution >= 4 is 29.1 Å². The van der Waals surface area contributed by atoms with Crippen LogP contribution in [0.5, 0.6) is 5.75 Å². The molecule has 0 unspecified atom stereocenters. The summed E-state index contributed by atoms with van der Waals surface area (Å²) < 4.78 is 5.75. The minimum Gasteiger partial charge on any atom is -0.478 e. The van der Waals surface area contributed by atoms with E-state index in [1.54, 1.807) is 12.1 Å². The summed E-state index contributed by atoms with van der Waals surface area (Å²) in [6.07, 6.45) is 0.937. The first-order chi connectivity index (χ1) is 14.7. The Kier molecular flexibility index (Phi) is 7.90. The number of halogens is 2. The molecule has 2 atom stereocenters. The molecule has 2 aromatic rings. The second kappa shape index (κ2) is 10.2. The van der Waals surface area contributed by atoms with Gasteiger partial charge in [-0.15, -0.1) is 0 Å². The first kappa shape index (κ1) is 23.9. The van der Waals surface area contributed by atoms with Crippen LogP contribution in [0.1, 0.15) is 45.6 Å². The minimum atomic E-state index is -0.296. The lowest BCUT2D eigenvalue weighted by Gasteiger charge is -2.45. The fraction of sp³-hybridized carbons (Fsp3) is 0.480. The Bertz CT molecular complexity index is 866. The van der Waals surface area contributed by atoms with Gasteiger partial charge in [0.15, 0.2) is 0 Å². The number of amides is 1. The van der Waals surface area contributed by atoms with E-state index in [1.165, 1.54) is 5.56 Å². The molecule has 168 valence electrons. The molecule has 4 nitrogen and oxygen atoms in total. The van der Waals surface area contributed by atoms with Gasteiger partial charge in [0.1, 0.15) is 12.5 Å². The highest BCUT2D eigenvalue weighted by Crippen LogP contribution is 2.42. The number of ether oxygens (including phenoxy) is 1. The molecule has 31 heavy (non-hydrogen) atoms. The molecule has 0 bridgehead atoms. The molecule has 1 N–H and O–H groups in total. The molecular formula is C25H32Cl2N2O2. The molecule has 1 aliphatic rings. The van der Waals surface area contributed by atoms with E-state index in [2.05, 4.69) is 45.1 Å². The molecule has 0 spiro atoms. The van der Waals surface area contributed by atoms with Crippen LogP contribution in [-0.2, 0) is 4.79 Å². The Morgan fingerprint density at radius 1 is 1.10 bits per heavy atom. The smallest absolute Gasteiger partial charge is 0.240 e. The number of likely N-dealkylation sites (tertiary alicyclic amines) is 1. The maximum atomic E-state index is 13.4. The largest absolute Gasteiger partial charge is 0.478 e. The number of piperidine rings is 1. The van der Waals surface area contributed by atoms with E-state index >= 15 is 0 Å². The third-order valence-corrected chi connectivity index (χ3v) is 6.61. The minimum absolute atomic E-state index is 0.0247. The molecule has 0 aliphatic carbocycles. The van der Waals surface area contributed by atoms with Crippen LogP contribution < -0.4 is 10.1 Å². The summed E-state index contributed by atoms with van der Waals surface area (Å²) in [5.74, 6) is 1.40. The zero-order chi connectivity index (χ0) is 22.6.